The molecule has 0 radical (unpaired) electrons. The summed E-state index contributed by atoms with van der Waals surface area (Å²) in [6, 6.07) is 15.3. The van der Waals surface area contributed by atoms with Crippen molar-refractivity contribution in [1.29, 1.82) is 0 Å². The highest BCUT2D eigenvalue weighted by molar-refractivity contribution is 5.30. The van der Waals surface area contributed by atoms with Crippen LogP contribution in [0.15, 0.2) is 54.9 Å². The topological polar surface area (TPSA) is 34.1 Å². The zero-order valence-electron chi connectivity index (χ0n) is 11.5. The zero-order valence-corrected chi connectivity index (χ0v) is 11.5. The van der Waals surface area contributed by atoms with Crippen LogP contribution >= 0.6 is 0 Å². The van der Waals surface area contributed by atoms with Crippen molar-refractivity contribution < 1.29 is 4.74 Å². The number of rotatable bonds is 4. The van der Waals surface area contributed by atoms with Gasteiger partial charge in [0.05, 0.1) is 12.6 Å². The van der Waals surface area contributed by atoms with Crippen LogP contribution < -0.4 is 5.32 Å². The Kier molecular flexibility index (Phi) is 4.41. The molecule has 0 spiro atoms. The minimum Gasteiger partial charge on any atom is -0.380 e. The summed E-state index contributed by atoms with van der Waals surface area (Å²) in [5.74, 6) is 0. The molecule has 2 unspecified atom stereocenters. The maximum Gasteiger partial charge on any atom is 0.0619 e. The van der Waals surface area contributed by atoms with Crippen molar-refractivity contribution in [2.24, 2.45) is 0 Å². The molecule has 20 heavy (non-hydrogen) atoms. The van der Waals surface area contributed by atoms with Crippen LogP contribution in [-0.4, -0.2) is 24.2 Å². The van der Waals surface area contributed by atoms with Crippen molar-refractivity contribution in [2.75, 3.05) is 13.2 Å². The molecular formula is C17H20N2O. The van der Waals surface area contributed by atoms with E-state index < -0.39 is 0 Å². The minimum absolute atomic E-state index is 0.200. The summed E-state index contributed by atoms with van der Waals surface area (Å²) >= 11 is 0. The molecule has 0 bridgehead atoms. The molecule has 0 aliphatic carbocycles. The van der Waals surface area contributed by atoms with Gasteiger partial charge in [0, 0.05) is 25.0 Å². The molecule has 3 nitrogen and oxygen atoms in total. The Balaban J connectivity index is 1.83. The number of ether oxygens (including phenoxy) is 1. The quantitative estimate of drug-likeness (QED) is 0.925. The van der Waals surface area contributed by atoms with Gasteiger partial charge in [-0.1, -0.05) is 30.3 Å². The van der Waals surface area contributed by atoms with Gasteiger partial charge in [-0.15, -0.1) is 0 Å². The monoisotopic (exact) mass is 268 g/mol. The molecule has 0 amide bonds. The van der Waals surface area contributed by atoms with Gasteiger partial charge in [0.1, 0.15) is 0 Å². The van der Waals surface area contributed by atoms with Gasteiger partial charge in [-0.3, -0.25) is 4.98 Å². The highest BCUT2D eigenvalue weighted by Crippen LogP contribution is 2.23. The molecule has 104 valence electrons. The van der Waals surface area contributed by atoms with Crippen LogP contribution in [0.1, 0.15) is 30.0 Å². The van der Waals surface area contributed by atoms with Gasteiger partial charge in [0.25, 0.3) is 0 Å². The molecule has 3 rings (SSSR count). The van der Waals surface area contributed by atoms with Crippen molar-refractivity contribution >= 4 is 0 Å². The van der Waals surface area contributed by atoms with Crippen LogP contribution in [-0.2, 0) is 4.74 Å². The molecule has 1 aromatic carbocycles. The van der Waals surface area contributed by atoms with Crippen LogP contribution in [0.3, 0.4) is 0 Å². The van der Waals surface area contributed by atoms with E-state index in [4.69, 9.17) is 4.74 Å². The standard InChI is InChI=1S/C17H20N2O/c1-2-5-14(6-3-1)17(15-8-10-18-11-9-15)19-16-7-4-12-20-13-16/h1-3,5-6,8-11,16-17,19H,4,7,12-13H2. The maximum absolute atomic E-state index is 5.58. The third-order valence-corrected chi connectivity index (χ3v) is 3.74. The maximum atomic E-state index is 5.58. The van der Waals surface area contributed by atoms with E-state index in [1.54, 1.807) is 0 Å². The first kappa shape index (κ1) is 13.3. The fourth-order valence-corrected chi connectivity index (χ4v) is 2.69. The predicted octanol–water partition coefficient (Wildman–Crippen LogP) is 2.94. The van der Waals surface area contributed by atoms with Gasteiger partial charge in [0.15, 0.2) is 0 Å². The molecule has 0 saturated carbocycles. The number of hydrogen-bond acceptors (Lipinski definition) is 3. The van der Waals surface area contributed by atoms with Crippen LogP contribution in [0, 0.1) is 0 Å². The second-order valence-corrected chi connectivity index (χ2v) is 5.20. The molecule has 2 heterocycles. The van der Waals surface area contributed by atoms with E-state index in [9.17, 15) is 0 Å². The van der Waals surface area contributed by atoms with Crippen molar-refractivity contribution in [2.45, 2.75) is 24.9 Å². The first-order valence-electron chi connectivity index (χ1n) is 7.22. The Labute approximate surface area is 120 Å². The number of nitrogens with zero attached hydrogens (tertiary/aromatic N) is 1. The Bertz CT molecular complexity index is 470. The average molecular weight is 268 g/mol. The zero-order chi connectivity index (χ0) is 13.6. The van der Waals surface area contributed by atoms with E-state index in [-0.39, 0.29) is 6.04 Å². The highest BCUT2D eigenvalue weighted by Gasteiger charge is 2.20. The molecule has 1 saturated heterocycles. The van der Waals surface area contributed by atoms with Crippen molar-refractivity contribution in [3.8, 4) is 0 Å². The van der Waals surface area contributed by atoms with Crippen LogP contribution in [0.2, 0.25) is 0 Å². The number of aromatic nitrogens is 1. The minimum atomic E-state index is 0.200. The van der Waals surface area contributed by atoms with Gasteiger partial charge in [0.2, 0.25) is 0 Å². The molecule has 2 aromatic rings. The molecule has 1 aromatic heterocycles. The number of benzene rings is 1. The number of nitrogens with one attached hydrogen (secondary N) is 1. The molecular weight excluding hydrogens is 248 g/mol. The van der Waals surface area contributed by atoms with E-state index in [0.717, 1.165) is 19.6 Å². The van der Waals surface area contributed by atoms with Gasteiger partial charge in [-0.05, 0) is 36.1 Å². The second kappa shape index (κ2) is 6.64. The second-order valence-electron chi connectivity index (χ2n) is 5.20. The van der Waals surface area contributed by atoms with E-state index >= 15 is 0 Å². The summed E-state index contributed by atoms with van der Waals surface area (Å²) in [7, 11) is 0. The Morgan fingerprint density at radius 3 is 2.50 bits per heavy atom. The van der Waals surface area contributed by atoms with E-state index in [2.05, 4.69) is 52.8 Å². The molecule has 3 heteroatoms. The molecule has 1 aliphatic heterocycles. The summed E-state index contributed by atoms with van der Waals surface area (Å²) in [6.45, 7) is 1.69. The Hall–Kier alpha value is -1.71. The molecule has 1 N–H and O–H groups in total. The van der Waals surface area contributed by atoms with Crippen LogP contribution in [0.4, 0.5) is 0 Å². The Morgan fingerprint density at radius 1 is 1.05 bits per heavy atom. The molecule has 1 aliphatic rings. The van der Waals surface area contributed by atoms with Crippen molar-refractivity contribution in [1.82, 2.24) is 10.3 Å². The smallest absolute Gasteiger partial charge is 0.0619 e. The first-order valence-corrected chi connectivity index (χ1v) is 7.22. The fraction of sp³-hybridized carbons (Fsp3) is 0.353. The average Bonchev–Trinajstić information content (AvgIpc) is 2.55. The predicted molar refractivity (Wildman–Crippen MR) is 79.5 cm³/mol. The van der Waals surface area contributed by atoms with Crippen LogP contribution in [0.25, 0.3) is 0 Å². The van der Waals surface area contributed by atoms with E-state index in [1.165, 1.54) is 17.5 Å². The summed E-state index contributed by atoms with van der Waals surface area (Å²) in [5.41, 5.74) is 2.53. The lowest BCUT2D eigenvalue weighted by Gasteiger charge is -2.29. The van der Waals surface area contributed by atoms with Gasteiger partial charge >= 0.3 is 0 Å². The fourth-order valence-electron chi connectivity index (χ4n) is 2.69. The lowest BCUT2D eigenvalue weighted by Crippen LogP contribution is -2.39. The molecule has 2 atom stereocenters. The van der Waals surface area contributed by atoms with E-state index in [0.29, 0.717) is 6.04 Å². The number of pyridine rings is 1. The van der Waals surface area contributed by atoms with Gasteiger partial charge < -0.3 is 10.1 Å². The largest absolute Gasteiger partial charge is 0.380 e. The summed E-state index contributed by atoms with van der Waals surface area (Å²) < 4.78 is 5.58. The highest BCUT2D eigenvalue weighted by atomic mass is 16.5. The SMILES string of the molecule is c1ccc(C(NC2CCCOC2)c2ccncc2)cc1. The third-order valence-electron chi connectivity index (χ3n) is 3.74. The van der Waals surface area contributed by atoms with Gasteiger partial charge in [-0.2, -0.15) is 0 Å². The molecule has 1 fully saturated rings. The lowest BCUT2D eigenvalue weighted by molar-refractivity contribution is 0.0679. The lowest BCUT2D eigenvalue weighted by atomic mass is 9.97. The van der Waals surface area contributed by atoms with Crippen molar-refractivity contribution in [3.05, 3.63) is 66.0 Å². The summed E-state index contributed by atoms with van der Waals surface area (Å²) in [4.78, 5) is 4.12. The van der Waals surface area contributed by atoms with E-state index in [1.807, 2.05) is 12.4 Å². The van der Waals surface area contributed by atoms with Gasteiger partial charge in [-0.25, -0.2) is 0 Å². The van der Waals surface area contributed by atoms with Crippen molar-refractivity contribution in [3.63, 3.8) is 0 Å². The number of hydrogen-bond donors (Lipinski definition) is 1. The third kappa shape index (κ3) is 3.24. The normalized spacial score (nSPS) is 20.5. The van der Waals surface area contributed by atoms with Crippen LogP contribution in [0.5, 0.6) is 0 Å². The first-order chi connectivity index (χ1) is 9.93. The summed E-state index contributed by atoms with van der Waals surface area (Å²) in [5, 5.41) is 3.74. The Morgan fingerprint density at radius 2 is 1.80 bits per heavy atom. The summed E-state index contributed by atoms with van der Waals surface area (Å²) in [6.07, 6.45) is 6.01.